The Bertz CT molecular complexity index is 418. The average Bonchev–Trinajstić information content (AvgIpc) is 2.53. The summed E-state index contributed by atoms with van der Waals surface area (Å²) in [4.78, 5) is 13.8. The maximum absolute atomic E-state index is 11.6. The molecule has 0 aliphatic carbocycles. The number of nitrogens with zero attached hydrogens (tertiary/aromatic N) is 1. The lowest BCUT2D eigenvalue weighted by Crippen LogP contribution is -2.41. The van der Waals surface area contributed by atoms with E-state index in [2.05, 4.69) is 4.90 Å². The fourth-order valence-electron chi connectivity index (χ4n) is 2.27. The summed E-state index contributed by atoms with van der Waals surface area (Å²) in [6.07, 6.45) is 0.191. The van der Waals surface area contributed by atoms with Crippen LogP contribution in [0, 0.1) is 0 Å². The molecule has 1 saturated heterocycles. The number of morpholine rings is 1. The molecule has 1 aliphatic rings. The molecule has 5 nitrogen and oxygen atoms in total. The number of carbonyl (C=O) groups excluding carboxylic acids is 1. The van der Waals surface area contributed by atoms with Gasteiger partial charge in [-0.3, -0.25) is 9.69 Å². The van der Waals surface area contributed by atoms with Crippen LogP contribution < -0.4 is 0 Å². The van der Waals surface area contributed by atoms with Gasteiger partial charge >= 0.3 is 5.97 Å². The van der Waals surface area contributed by atoms with Crippen molar-refractivity contribution in [1.82, 2.24) is 4.90 Å². The van der Waals surface area contributed by atoms with E-state index in [1.54, 1.807) is 0 Å². The van der Waals surface area contributed by atoms with Crippen molar-refractivity contribution in [3.05, 3.63) is 35.9 Å². The zero-order valence-corrected chi connectivity index (χ0v) is 12.2. The molecule has 1 heterocycles. The van der Waals surface area contributed by atoms with Gasteiger partial charge < -0.3 is 14.6 Å². The van der Waals surface area contributed by atoms with Crippen LogP contribution in [0.25, 0.3) is 0 Å². The predicted molar refractivity (Wildman–Crippen MR) is 78.7 cm³/mol. The van der Waals surface area contributed by atoms with E-state index in [1.165, 1.54) is 0 Å². The van der Waals surface area contributed by atoms with Crippen LogP contribution in [0.1, 0.15) is 18.4 Å². The molecule has 0 aromatic heterocycles. The Morgan fingerprint density at radius 1 is 1.29 bits per heavy atom. The minimum Gasteiger partial charge on any atom is -0.461 e. The van der Waals surface area contributed by atoms with E-state index in [4.69, 9.17) is 9.47 Å². The molecule has 5 heteroatoms. The van der Waals surface area contributed by atoms with E-state index in [-0.39, 0.29) is 12.4 Å². The highest BCUT2D eigenvalue weighted by atomic mass is 16.5. The summed E-state index contributed by atoms with van der Waals surface area (Å²) in [5.41, 5.74) is 0.972. The molecule has 0 saturated carbocycles. The molecule has 1 fully saturated rings. The molecule has 0 spiro atoms. The predicted octanol–water partition coefficient (Wildman–Crippen LogP) is 1.20. The molecular weight excluding hydrogens is 270 g/mol. The number of aliphatic hydroxyl groups excluding tert-OH is 1. The van der Waals surface area contributed by atoms with Gasteiger partial charge in [0.25, 0.3) is 0 Å². The van der Waals surface area contributed by atoms with Crippen LogP contribution in [-0.4, -0.2) is 54.9 Å². The van der Waals surface area contributed by atoms with Crippen LogP contribution in [0.3, 0.4) is 0 Å². The van der Waals surface area contributed by atoms with Gasteiger partial charge in [-0.15, -0.1) is 0 Å². The number of esters is 1. The van der Waals surface area contributed by atoms with Crippen molar-refractivity contribution in [2.75, 3.05) is 32.8 Å². The summed E-state index contributed by atoms with van der Waals surface area (Å²) in [5.74, 6) is -0.264. The Hall–Kier alpha value is -1.43. The molecule has 0 radical (unpaired) electrons. The topological polar surface area (TPSA) is 59.0 Å². The molecule has 1 aliphatic heterocycles. The molecule has 21 heavy (non-hydrogen) atoms. The van der Waals surface area contributed by atoms with Crippen molar-refractivity contribution in [3.8, 4) is 0 Å². The van der Waals surface area contributed by atoms with Crippen molar-refractivity contribution in [1.29, 1.82) is 0 Å². The van der Waals surface area contributed by atoms with Crippen molar-refractivity contribution in [2.45, 2.75) is 25.6 Å². The molecular formula is C16H23NO4. The van der Waals surface area contributed by atoms with Gasteiger partial charge in [0.15, 0.2) is 0 Å². The Balaban J connectivity index is 1.59. The number of hydrogen-bond donors (Lipinski definition) is 1. The molecule has 1 aromatic carbocycles. The second-order valence-corrected chi connectivity index (χ2v) is 5.25. The first-order valence-electron chi connectivity index (χ1n) is 7.42. The lowest BCUT2D eigenvalue weighted by molar-refractivity contribution is -0.145. The van der Waals surface area contributed by atoms with Crippen LogP contribution in [0.15, 0.2) is 30.3 Å². The van der Waals surface area contributed by atoms with Crippen LogP contribution in [-0.2, 0) is 20.9 Å². The number of benzene rings is 1. The summed E-state index contributed by atoms with van der Waals surface area (Å²) < 4.78 is 10.4. The first kappa shape index (κ1) is 15.9. The minimum atomic E-state index is -0.493. The van der Waals surface area contributed by atoms with Crippen LogP contribution in [0.5, 0.6) is 0 Å². The first-order chi connectivity index (χ1) is 10.2. The number of rotatable bonds is 7. The van der Waals surface area contributed by atoms with Crippen LogP contribution in [0.4, 0.5) is 0 Å². The van der Waals surface area contributed by atoms with Gasteiger partial charge in [0.1, 0.15) is 6.61 Å². The lowest BCUT2D eigenvalue weighted by atomic mass is 10.2. The van der Waals surface area contributed by atoms with E-state index in [0.29, 0.717) is 32.8 Å². The Kier molecular flexibility index (Phi) is 6.66. The second-order valence-electron chi connectivity index (χ2n) is 5.25. The maximum Gasteiger partial charge on any atom is 0.306 e. The third-order valence-electron chi connectivity index (χ3n) is 3.50. The summed E-state index contributed by atoms with van der Waals surface area (Å²) in [6, 6.07) is 9.58. The van der Waals surface area contributed by atoms with E-state index in [0.717, 1.165) is 18.7 Å². The van der Waals surface area contributed by atoms with Gasteiger partial charge in [-0.1, -0.05) is 30.3 Å². The van der Waals surface area contributed by atoms with Gasteiger partial charge in [-0.25, -0.2) is 0 Å². The number of β-amino-alcohol motifs (C(OH)–C–C–N with tert-alkyl or cyclic N) is 1. The normalized spacial score (nSPS) is 17.4. The lowest BCUT2D eigenvalue weighted by Gasteiger charge is -2.28. The Morgan fingerprint density at radius 2 is 2.00 bits per heavy atom. The molecule has 0 unspecified atom stereocenters. The standard InChI is InChI=1S/C16H23NO4/c18-15(12-17-8-10-20-11-9-17)6-7-16(19)21-13-14-4-2-1-3-5-14/h1-5,15,18H,6-13H2/t15-/m1/s1. The quantitative estimate of drug-likeness (QED) is 0.766. The minimum absolute atomic E-state index is 0.248. The number of aliphatic hydroxyl groups is 1. The summed E-state index contributed by atoms with van der Waals surface area (Å²) in [7, 11) is 0. The average molecular weight is 293 g/mol. The van der Waals surface area contributed by atoms with Crippen LogP contribution in [0.2, 0.25) is 0 Å². The number of ether oxygens (including phenoxy) is 2. The molecule has 0 bridgehead atoms. The van der Waals surface area contributed by atoms with E-state index < -0.39 is 6.10 Å². The Morgan fingerprint density at radius 3 is 2.71 bits per heavy atom. The Labute approximate surface area is 125 Å². The molecule has 1 N–H and O–H groups in total. The third kappa shape index (κ3) is 6.25. The highest BCUT2D eigenvalue weighted by Crippen LogP contribution is 2.06. The summed E-state index contributed by atoms with van der Waals surface area (Å²) >= 11 is 0. The molecule has 2 rings (SSSR count). The second kappa shape index (κ2) is 8.77. The van der Waals surface area contributed by atoms with Gasteiger partial charge in [-0.2, -0.15) is 0 Å². The van der Waals surface area contributed by atoms with Crippen LogP contribution >= 0.6 is 0 Å². The number of carbonyl (C=O) groups is 1. The fourth-order valence-corrected chi connectivity index (χ4v) is 2.27. The van der Waals surface area contributed by atoms with Crippen molar-refractivity contribution < 1.29 is 19.4 Å². The van der Waals surface area contributed by atoms with Crippen molar-refractivity contribution >= 4 is 5.97 Å². The highest BCUT2D eigenvalue weighted by Gasteiger charge is 2.16. The van der Waals surface area contributed by atoms with Gasteiger partial charge in [0.2, 0.25) is 0 Å². The zero-order chi connectivity index (χ0) is 14.9. The zero-order valence-electron chi connectivity index (χ0n) is 12.2. The molecule has 116 valence electrons. The summed E-state index contributed by atoms with van der Waals surface area (Å²) in [5, 5.41) is 9.95. The largest absolute Gasteiger partial charge is 0.461 e. The smallest absolute Gasteiger partial charge is 0.306 e. The highest BCUT2D eigenvalue weighted by molar-refractivity contribution is 5.69. The van der Waals surface area contributed by atoms with Gasteiger partial charge in [0, 0.05) is 26.1 Å². The van der Waals surface area contributed by atoms with E-state index in [1.807, 2.05) is 30.3 Å². The number of hydrogen-bond acceptors (Lipinski definition) is 5. The van der Waals surface area contributed by atoms with Gasteiger partial charge in [-0.05, 0) is 12.0 Å². The maximum atomic E-state index is 11.6. The fraction of sp³-hybridized carbons (Fsp3) is 0.562. The third-order valence-corrected chi connectivity index (χ3v) is 3.50. The molecule has 1 aromatic rings. The van der Waals surface area contributed by atoms with E-state index >= 15 is 0 Å². The molecule has 1 atom stereocenters. The monoisotopic (exact) mass is 293 g/mol. The molecule has 0 amide bonds. The van der Waals surface area contributed by atoms with Crippen molar-refractivity contribution in [3.63, 3.8) is 0 Å². The summed E-state index contributed by atoms with van der Waals surface area (Å²) in [6.45, 7) is 4.00. The van der Waals surface area contributed by atoms with Crippen molar-refractivity contribution in [2.24, 2.45) is 0 Å². The SMILES string of the molecule is O=C(CC[C@@H](O)CN1CCOCC1)OCc1ccccc1. The van der Waals surface area contributed by atoms with Gasteiger partial charge in [0.05, 0.1) is 19.3 Å². The first-order valence-corrected chi connectivity index (χ1v) is 7.42. The van der Waals surface area contributed by atoms with E-state index in [9.17, 15) is 9.90 Å².